The molecule has 0 saturated heterocycles. The lowest BCUT2D eigenvalue weighted by Gasteiger charge is -2.19. The van der Waals surface area contributed by atoms with Gasteiger partial charge in [-0.05, 0) is 48.5 Å². The van der Waals surface area contributed by atoms with Crippen LogP contribution >= 0.6 is 0 Å². The number of rotatable bonds is 18. The summed E-state index contributed by atoms with van der Waals surface area (Å²) in [6, 6.07) is 0. The van der Waals surface area contributed by atoms with Crippen LogP contribution in [0.5, 0.6) is 0 Å². The Morgan fingerprint density at radius 1 is 0.615 bits per heavy atom. The highest BCUT2D eigenvalue weighted by Crippen LogP contribution is 2.06. The molecule has 0 heterocycles. The highest BCUT2D eigenvalue weighted by molar-refractivity contribution is 5.92. The number of carbonyl (C=O) groups excluding carboxylic acids is 3. The smallest absolute Gasteiger partial charge is 0.407 e. The molecule has 0 aromatic heterocycles. The highest BCUT2D eigenvalue weighted by Gasteiger charge is 2.16. The van der Waals surface area contributed by atoms with E-state index in [1.54, 1.807) is 27.7 Å². The van der Waals surface area contributed by atoms with Gasteiger partial charge in [-0.25, -0.2) is 9.59 Å². The second kappa shape index (κ2) is 23.4. The van der Waals surface area contributed by atoms with Crippen LogP contribution in [0.15, 0.2) is 12.2 Å². The summed E-state index contributed by atoms with van der Waals surface area (Å²) in [6.07, 6.45) is -0.888. The van der Waals surface area contributed by atoms with Gasteiger partial charge < -0.3 is 50.1 Å². The second-order valence-corrected chi connectivity index (χ2v) is 10.1. The molecule has 0 atom stereocenters. The molecular weight excluding hydrogens is 512 g/mol. The van der Waals surface area contributed by atoms with E-state index in [-0.39, 0.29) is 5.91 Å². The summed E-state index contributed by atoms with van der Waals surface area (Å²) in [4.78, 5) is 33.7. The van der Waals surface area contributed by atoms with Gasteiger partial charge in [-0.15, -0.1) is 0 Å². The van der Waals surface area contributed by atoms with E-state index in [1.165, 1.54) is 0 Å². The summed E-state index contributed by atoms with van der Waals surface area (Å²) in [6.45, 7) is 21.4. The maximum atomic E-state index is 11.3. The molecule has 13 nitrogen and oxygen atoms in total. The molecule has 5 N–H and O–H groups in total. The van der Waals surface area contributed by atoms with Gasteiger partial charge in [0.25, 0.3) is 0 Å². The average molecular weight is 565 g/mol. The molecular formula is C26H52N4O9. The number of nitrogens with two attached hydrogens (primary N) is 1. The van der Waals surface area contributed by atoms with Crippen LogP contribution in [0.2, 0.25) is 0 Å². The molecule has 0 aliphatic rings. The summed E-state index contributed by atoms with van der Waals surface area (Å²) in [5, 5.41) is 7.84. The number of nitrogens with one attached hydrogen (secondary N) is 3. The summed E-state index contributed by atoms with van der Waals surface area (Å²) >= 11 is 0. The molecule has 3 amide bonds. The van der Waals surface area contributed by atoms with E-state index in [0.29, 0.717) is 84.6 Å². The molecule has 230 valence electrons. The summed E-state index contributed by atoms with van der Waals surface area (Å²) in [5.41, 5.74) is 4.75. The van der Waals surface area contributed by atoms with Gasteiger partial charge >= 0.3 is 12.2 Å². The SMILES string of the molecule is C=C(C)C(=O)NCCOCCOCCNC(=O)OC(C)(C)C.CC(C)(C)OC(=O)NCCOCCOCCN. The molecule has 39 heavy (non-hydrogen) atoms. The molecule has 0 aliphatic heterocycles. The van der Waals surface area contributed by atoms with Crippen LogP contribution in [0.4, 0.5) is 9.59 Å². The normalized spacial score (nSPS) is 11.1. The van der Waals surface area contributed by atoms with Gasteiger partial charge in [0, 0.05) is 31.8 Å². The van der Waals surface area contributed by atoms with E-state index in [4.69, 9.17) is 34.2 Å². The van der Waals surface area contributed by atoms with Crippen molar-refractivity contribution in [2.75, 3.05) is 79.0 Å². The third-order valence-corrected chi connectivity index (χ3v) is 3.76. The maximum Gasteiger partial charge on any atom is 0.407 e. The largest absolute Gasteiger partial charge is 0.444 e. The standard InChI is InChI=1S/C15H28N2O5.C11H24N2O4/c1-12(2)13(18)16-6-8-20-10-11-21-9-7-17-14(19)22-15(3,4)5;1-11(2,3)17-10(14)13-5-7-16-9-8-15-6-4-12/h1,6-11H2,2-5H3,(H,16,18)(H,17,19);4-9,12H2,1-3H3,(H,13,14). The first kappa shape index (κ1) is 38.7. The number of carbonyl (C=O) groups is 3. The van der Waals surface area contributed by atoms with Crippen LogP contribution < -0.4 is 21.7 Å². The topological polar surface area (TPSA) is 169 Å². The van der Waals surface area contributed by atoms with Crippen molar-refractivity contribution >= 4 is 18.1 Å². The molecule has 0 fully saturated rings. The highest BCUT2D eigenvalue weighted by atomic mass is 16.6. The molecule has 0 radical (unpaired) electrons. The lowest BCUT2D eigenvalue weighted by Crippen LogP contribution is -2.34. The van der Waals surface area contributed by atoms with Gasteiger partial charge in [0.15, 0.2) is 0 Å². The molecule has 0 aromatic carbocycles. The van der Waals surface area contributed by atoms with Crippen molar-refractivity contribution in [3.8, 4) is 0 Å². The zero-order chi connectivity index (χ0) is 30.2. The number of hydrogen-bond donors (Lipinski definition) is 4. The zero-order valence-corrected chi connectivity index (χ0v) is 24.9. The summed E-state index contributed by atoms with van der Waals surface area (Å²) in [7, 11) is 0. The van der Waals surface area contributed by atoms with Crippen LogP contribution in [0.3, 0.4) is 0 Å². The van der Waals surface area contributed by atoms with E-state index in [0.717, 1.165) is 0 Å². The Labute approximate surface area is 233 Å². The molecule has 0 unspecified atom stereocenters. The Morgan fingerprint density at radius 3 is 1.26 bits per heavy atom. The third-order valence-electron chi connectivity index (χ3n) is 3.76. The van der Waals surface area contributed by atoms with Crippen LogP contribution in [0.1, 0.15) is 48.5 Å². The Morgan fingerprint density at radius 2 is 0.949 bits per heavy atom. The van der Waals surface area contributed by atoms with Gasteiger partial charge in [-0.3, -0.25) is 4.79 Å². The van der Waals surface area contributed by atoms with Crippen molar-refractivity contribution in [3.05, 3.63) is 12.2 Å². The van der Waals surface area contributed by atoms with Crippen LogP contribution in [-0.4, -0.2) is 108 Å². The van der Waals surface area contributed by atoms with Gasteiger partial charge in [0.05, 0.1) is 52.9 Å². The van der Waals surface area contributed by atoms with Gasteiger partial charge in [-0.2, -0.15) is 0 Å². The molecule has 0 spiro atoms. The molecule has 0 saturated carbocycles. The number of amides is 3. The second-order valence-electron chi connectivity index (χ2n) is 10.1. The Kier molecular flexibility index (Phi) is 23.3. The Bertz CT molecular complexity index is 677. The number of hydrogen-bond acceptors (Lipinski definition) is 10. The average Bonchev–Trinajstić information content (AvgIpc) is 2.80. The van der Waals surface area contributed by atoms with Crippen molar-refractivity contribution in [1.82, 2.24) is 16.0 Å². The van der Waals surface area contributed by atoms with Crippen LogP contribution in [0, 0.1) is 0 Å². The first-order valence-corrected chi connectivity index (χ1v) is 13.1. The monoisotopic (exact) mass is 564 g/mol. The minimum absolute atomic E-state index is 0.173. The molecule has 0 aromatic rings. The fourth-order valence-corrected chi connectivity index (χ4v) is 2.19. The molecule has 13 heteroatoms. The van der Waals surface area contributed by atoms with E-state index >= 15 is 0 Å². The van der Waals surface area contributed by atoms with Gasteiger partial charge in [0.2, 0.25) is 5.91 Å². The predicted molar refractivity (Wildman–Crippen MR) is 149 cm³/mol. The van der Waals surface area contributed by atoms with Crippen molar-refractivity contribution in [3.63, 3.8) is 0 Å². The lowest BCUT2D eigenvalue weighted by molar-refractivity contribution is -0.117. The summed E-state index contributed by atoms with van der Waals surface area (Å²) < 4.78 is 31.0. The van der Waals surface area contributed by atoms with Crippen molar-refractivity contribution in [1.29, 1.82) is 0 Å². The minimum atomic E-state index is -0.502. The third kappa shape index (κ3) is 33.5. The van der Waals surface area contributed by atoms with E-state index in [2.05, 4.69) is 22.5 Å². The maximum absolute atomic E-state index is 11.3. The first-order chi connectivity index (χ1) is 18.2. The Balaban J connectivity index is 0. The minimum Gasteiger partial charge on any atom is -0.444 e. The number of alkyl carbamates (subject to hydrolysis) is 2. The van der Waals surface area contributed by atoms with Crippen LogP contribution in [-0.2, 0) is 33.2 Å². The molecule has 0 aliphatic carbocycles. The van der Waals surface area contributed by atoms with Crippen molar-refractivity contribution in [2.45, 2.75) is 59.7 Å². The summed E-state index contributed by atoms with van der Waals surface area (Å²) in [5.74, 6) is -0.173. The van der Waals surface area contributed by atoms with Crippen molar-refractivity contribution < 1.29 is 42.8 Å². The van der Waals surface area contributed by atoms with E-state index in [1.807, 2.05) is 20.8 Å². The fourth-order valence-electron chi connectivity index (χ4n) is 2.19. The first-order valence-electron chi connectivity index (χ1n) is 13.1. The van der Waals surface area contributed by atoms with E-state index < -0.39 is 23.4 Å². The molecule has 0 rings (SSSR count). The quantitative estimate of drug-likeness (QED) is 0.142. The van der Waals surface area contributed by atoms with Crippen molar-refractivity contribution in [2.24, 2.45) is 5.73 Å². The van der Waals surface area contributed by atoms with E-state index in [9.17, 15) is 14.4 Å². The van der Waals surface area contributed by atoms with Gasteiger partial charge in [0.1, 0.15) is 11.2 Å². The fraction of sp³-hybridized carbons (Fsp3) is 0.808. The van der Waals surface area contributed by atoms with Crippen LogP contribution in [0.25, 0.3) is 0 Å². The molecule has 0 bridgehead atoms. The Hall–Kier alpha value is -2.45. The lowest BCUT2D eigenvalue weighted by atomic mass is 10.2. The number of ether oxygens (including phenoxy) is 6. The van der Waals surface area contributed by atoms with Gasteiger partial charge in [-0.1, -0.05) is 6.58 Å². The predicted octanol–water partition coefficient (Wildman–Crippen LogP) is 1.74. The zero-order valence-electron chi connectivity index (χ0n) is 24.9.